The highest BCUT2D eigenvalue weighted by atomic mass is 13.9. The van der Waals surface area contributed by atoms with Crippen LogP contribution in [-0.4, -0.2) is 0 Å². The Hall–Kier alpha value is -0.960. The number of hydrogen-bond donors (Lipinski definition) is 0. The van der Waals surface area contributed by atoms with E-state index in [2.05, 4.69) is 25.7 Å². The Labute approximate surface area is 63.6 Å². The summed E-state index contributed by atoms with van der Waals surface area (Å²) in [5, 5.41) is 0. The maximum Gasteiger partial charge on any atom is 0.0228 e. The molecule has 0 bridgehead atoms. The Morgan fingerprint density at radius 2 is 1.90 bits per heavy atom. The van der Waals surface area contributed by atoms with Crippen molar-refractivity contribution in [3.63, 3.8) is 0 Å². The van der Waals surface area contributed by atoms with Crippen LogP contribution in [0, 0.1) is 11.8 Å². The zero-order chi connectivity index (χ0) is 7.98. The Morgan fingerprint density at radius 1 is 1.30 bits per heavy atom. The van der Waals surface area contributed by atoms with E-state index >= 15 is 0 Å². The Bertz CT molecular complexity index is 202. The van der Waals surface area contributed by atoms with Crippen molar-refractivity contribution in [2.24, 2.45) is 0 Å². The lowest BCUT2D eigenvalue weighted by Gasteiger charge is -1.92. The third kappa shape index (κ3) is 3.14. The molecular formula is C10H14. The van der Waals surface area contributed by atoms with Crippen molar-refractivity contribution in [3.8, 4) is 11.8 Å². The van der Waals surface area contributed by atoms with Gasteiger partial charge in [-0.1, -0.05) is 23.6 Å². The first-order valence-corrected chi connectivity index (χ1v) is 3.45. The zero-order valence-corrected chi connectivity index (χ0v) is 7.15. The molecule has 0 N–H and O–H groups in total. The molecule has 0 aliphatic rings. The van der Waals surface area contributed by atoms with Gasteiger partial charge < -0.3 is 0 Å². The van der Waals surface area contributed by atoms with Gasteiger partial charge in [0, 0.05) is 5.57 Å². The van der Waals surface area contributed by atoms with Gasteiger partial charge in [-0.2, -0.15) is 0 Å². The van der Waals surface area contributed by atoms with Crippen LogP contribution in [0.5, 0.6) is 0 Å². The summed E-state index contributed by atoms with van der Waals surface area (Å²) in [6.07, 6.45) is 4.04. The lowest BCUT2D eigenvalue weighted by Crippen LogP contribution is -1.75. The van der Waals surface area contributed by atoms with Gasteiger partial charge in [0.15, 0.2) is 0 Å². The summed E-state index contributed by atoms with van der Waals surface area (Å²) >= 11 is 0. The van der Waals surface area contributed by atoms with E-state index in [-0.39, 0.29) is 0 Å². The van der Waals surface area contributed by atoms with Crippen molar-refractivity contribution in [2.45, 2.75) is 27.7 Å². The predicted octanol–water partition coefficient (Wildman–Crippen LogP) is 2.92. The molecule has 10 heavy (non-hydrogen) atoms. The maximum absolute atomic E-state index is 3.03. The second kappa shape index (κ2) is 4.88. The minimum Gasteiger partial charge on any atom is -0.101 e. The van der Waals surface area contributed by atoms with E-state index in [9.17, 15) is 0 Å². The van der Waals surface area contributed by atoms with Crippen LogP contribution in [0.4, 0.5) is 0 Å². The van der Waals surface area contributed by atoms with Gasteiger partial charge in [0.2, 0.25) is 0 Å². The molecule has 0 aromatic heterocycles. The molecule has 0 aliphatic heterocycles. The molecule has 0 spiro atoms. The molecule has 0 rings (SSSR count). The van der Waals surface area contributed by atoms with Crippen molar-refractivity contribution in [1.29, 1.82) is 0 Å². The van der Waals surface area contributed by atoms with E-state index in [1.165, 1.54) is 5.57 Å². The fraction of sp³-hybridized carbons (Fsp3) is 0.400. The molecule has 0 aliphatic carbocycles. The van der Waals surface area contributed by atoms with Gasteiger partial charge in [-0.05, 0) is 27.7 Å². The predicted molar refractivity (Wildman–Crippen MR) is 46.6 cm³/mol. The quantitative estimate of drug-likeness (QED) is 0.382. The van der Waals surface area contributed by atoms with E-state index in [0.29, 0.717) is 0 Å². The Kier molecular flexibility index (Phi) is 4.41. The van der Waals surface area contributed by atoms with Gasteiger partial charge >= 0.3 is 0 Å². The Balaban J connectivity index is 4.55. The van der Waals surface area contributed by atoms with Crippen LogP contribution in [0.3, 0.4) is 0 Å². The monoisotopic (exact) mass is 134 g/mol. The standard InChI is InChI=1S/C10H14/c1-5-7-10(8-6-2)9(3)4/h5,7H,1-4H3/b7-5-. The minimum atomic E-state index is 1.13. The topological polar surface area (TPSA) is 0 Å². The molecule has 0 saturated carbocycles. The van der Waals surface area contributed by atoms with Crippen LogP contribution in [0.1, 0.15) is 27.7 Å². The van der Waals surface area contributed by atoms with E-state index in [1.807, 2.05) is 26.0 Å². The van der Waals surface area contributed by atoms with Crippen molar-refractivity contribution in [1.82, 2.24) is 0 Å². The maximum atomic E-state index is 3.03. The van der Waals surface area contributed by atoms with Gasteiger partial charge in [0.1, 0.15) is 0 Å². The molecule has 0 atom stereocenters. The van der Waals surface area contributed by atoms with Crippen molar-refractivity contribution in [2.75, 3.05) is 0 Å². The minimum absolute atomic E-state index is 1.13. The van der Waals surface area contributed by atoms with Crippen LogP contribution in [-0.2, 0) is 0 Å². The lowest BCUT2D eigenvalue weighted by molar-refractivity contribution is 1.35. The van der Waals surface area contributed by atoms with Crippen molar-refractivity contribution in [3.05, 3.63) is 23.3 Å². The van der Waals surface area contributed by atoms with Gasteiger partial charge in [-0.25, -0.2) is 0 Å². The molecule has 0 aromatic rings. The van der Waals surface area contributed by atoms with Crippen molar-refractivity contribution >= 4 is 0 Å². The van der Waals surface area contributed by atoms with E-state index in [0.717, 1.165) is 5.57 Å². The van der Waals surface area contributed by atoms with Crippen LogP contribution >= 0.6 is 0 Å². The molecule has 0 heterocycles. The number of hydrogen-bond acceptors (Lipinski definition) is 0. The van der Waals surface area contributed by atoms with Gasteiger partial charge in [-0.15, -0.1) is 5.92 Å². The summed E-state index contributed by atoms with van der Waals surface area (Å²) in [6.45, 7) is 7.99. The van der Waals surface area contributed by atoms with Crippen LogP contribution in [0.25, 0.3) is 0 Å². The second-order valence-corrected chi connectivity index (χ2v) is 2.29. The molecular weight excluding hydrogens is 120 g/mol. The first-order chi connectivity index (χ1) is 4.72. The van der Waals surface area contributed by atoms with Crippen LogP contribution < -0.4 is 0 Å². The highest BCUT2D eigenvalue weighted by Crippen LogP contribution is 2.02. The van der Waals surface area contributed by atoms with Gasteiger partial charge in [-0.3, -0.25) is 0 Å². The molecule has 0 heteroatoms. The van der Waals surface area contributed by atoms with E-state index in [4.69, 9.17) is 0 Å². The number of rotatable bonds is 1. The third-order valence-electron chi connectivity index (χ3n) is 1.13. The summed E-state index contributed by atoms with van der Waals surface area (Å²) < 4.78 is 0. The first-order valence-electron chi connectivity index (χ1n) is 3.45. The summed E-state index contributed by atoms with van der Waals surface area (Å²) in [6, 6.07) is 0. The molecule has 0 fully saturated rings. The molecule has 0 unspecified atom stereocenters. The van der Waals surface area contributed by atoms with E-state index < -0.39 is 0 Å². The molecule has 0 nitrogen and oxygen atoms in total. The van der Waals surface area contributed by atoms with Gasteiger partial charge in [0.05, 0.1) is 0 Å². The Morgan fingerprint density at radius 3 is 2.20 bits per heavy atom. The molecule has 54 valence electrons. The fourth-order valence-electron chi connectivity index (χ4n) is 0.635. The molecule has 0 radical (unpaired) electrons. The van der Waals surface area contributed by atoms with E-state index in [1.54, 1.807) is 0 Å². The highest BCUT2D eigenvalue weighted by molar-refractivity contribution is 5.40. The largest absolute Gasteiger partial charge is 0.101 e. The smallest absolute Gasteiger partial charge is 0.0228 e. The summed E-state index contributed by atoms with van der Waals surface area (Å²) in [5.74, 6) is 5.90. The van der Waals surface area contributed by atoms with Crippen LogP contribution in [0.2, 0.25) is 0 Å². The summed E-state index contributed by atoms with van der Waals surface area (Å²) in [5.41, 5.74) is 2.40. The third-order valence-corrected chi connectivity index (χ3v) is 1.13. The average molecular weight is 134 g/mol. The van der Waals surface area contributed by atoms with Crippen LogP contribution in [0.15, 0.2) is 23.3 Å². The number of allylic oxidation sites excluding steroid dienone is 4. The first kappa shape index (κ1) is 9.04. The molecule has 0 saturated heterocycles. The second-order valence-electron chi connectivity index (χ2n) is 2.29. The van der Waals surface area contributed by atoms with Crippen molar-refractivity contribution < 1.29 is 0 Å². The summed E-state index contributed by atoms with van der Waals surface area (Å²) in [7, 11) is 0. The normalized spacial score (nSPS) is 8.80. The molecule has 0 aromatic carbocycles. The zero-order valence-electron chi connectivity index (χ0n) is 7.15. The summed E-state index contributed by atoms with van der Waals surface area (Å²) in [4.78, 5) is 0. The lowest BCUT2D eigenvalue weighted by atomic mass is 10.1. The molecule has 0 amide bonds. The average Bonchev–Trinajstić information content (AvgIpc) is 1.87. The SMILES string of the molecule is CC#CC(/C=C\C)=C(C)C. The highest BCUT2D eigenvalue weighted by Gasteiger charge is 1.85. The fourth-order valence-corrected chi connectivity index (χ4v) is 0.635. The van der Waals surface area contributed by atoms with Gasteiger partial charge in [0.25, 0.3) is 0 Å².